The van der Waals surface area contributed by atoms with Crippen molar-refractivity contribution in [1.29, 1.82) is 0 Å². The number of hydrogen-bond donors (Lipinski definition) is 3. The van der Waals surface area contributed by atoms with Gasteiger partial charge in [0.2, 0.25) is 0 Å². The van der Waals surface area contributed by atoms with Gasteiger partial charge in [-0.25, -0.2) is 15.0 Å². The second-order valence-electron chi connectivity index (χ2n) is 9.01. The van der Waals surface area contributed by atoms with Crippen molar-refractivity contribution in [2.75, 3.05) is 11.1 Å². The Kier molecular flexibility index (Phi) is 6.33. The zero-order valence-electron chi connectivity index (χ0n) is 18.8. The summed E-state index contributed by atoms with van der Waals surface area (Å²) in [5.74, 6) is -1.78. The molecule has 1 amide bonds. The predicted molar refractivity (Wildman–Crippen MR) is 132 cm³/mol. The van der Waals surface area contributed by atoms with Crippen LogP contribution in [-0.2, 0) is 11.2 Å². The summed E-state index contributed by atoms with van der Waals surface area (Å²) in [7, 11) is 0. The van der Waals surface area contributed by atoms with Crippen LogP contribution in [0.5, 0.6) is 0 Å². The summed E-state index contributed by atoms with van der Waals surface area (Å²) in [5, 5.41) is 14.0. The Bertz CT molecular complexity index is 1460. The molecule has 0 radical (unpaired) electrons. The Morgan fingerprint density at radius 1 is 1.22 bits per heavy atom. The number of nitrogens with two attached hydrogens (primary N) is 1. The molecule has 36 heavy (non-hydrogen) atoms. The van der Waals surface area contributed by atoms with E-state index in [0.29, 0.717) is 24.2 Å². The van der Waals surface area contributed by atoms with Crippen molar-refractivity contribution in [1.82, 2.24) is 19.5 Å². The molecule has 0 unspecified atom stereocenters. The van der Waals surface area contributed by atoms with Crippen molar-refractivity contribution >= 4 is 55.4 Å². The zero-order valence-corrected chi connectivity index (χ0v) is 20.4. The minimum absolute atomic E-state index is 0.0712. The van der Waals surface area contributed by atoms with E-state index < -0.39 is 18.2 Å². The highest BCUT2D eigenvalue weighted by atomic mass is 79.9. The maximum atomic E-state index is 12.6. The first-order valence-electron chi connectivity index (χ1n) is 11.3. The van der Waals surface area contributed by atoms with E-state index in [1.807, 2.05) is 29.0 Å². The number of pyridine rings is 1. The second-order valence-corrected chi connectivity index (χ2v) is 9.86. The molecule has 1 aromatic carbocycles. The average molecular weight is 563 g/mol. The van der Waals surface area contributed by atoms with Crippen LogP contribution in [0, 0.1) is 5.92 Å². The molecule has 8 nitrogen and oxygen atoms in total. The lowest BCUT2D eigenvalue weighted by Gasteiger charge is -2.15. The van der Waals surface area contributed by atoms with Crippen LogP contribution in [0.3, 0.4) is 0 Å². The van der Waals surface area contributed by atoms with Crippen molar-refractivity contribution in [3.8, 4) is 0 Å². The molecule has 0 aliphatic heterocycles. The van der Waals surface area contributed by atoms with Gasteiger partial charge in [-0.2, -0.15) is 13.2 Å². The number of aliphatic hydroxyl groups excluding tert-OH is 1. The summed E-state index contributed by atoms with van der Waals surface area (Å²) in [6.07, 6.45) is 0.660. The number of aliphatic hydroxyl groups is 1. The molecule has 1 saturated carbocycles. The number of aromatic nitrogens is 4. The minimum Gasteiger partial charge on any atom is -0.393 e. The molecule has 5 rings (SSSR count). The third kappa shape index (κ3) is 4.74. The number of rotatable bonds is 5. The van der Waals surface area contributed by atoms with E-state index >= 15 is 0 Å². The maximum Gasteiger partial charge on any atom is 0.471 e. The largest absolute Gasteiger partial charge is 0.471 e. The topological polar surface area (TPSA) is 119 Å². The van der Waals surface area contributed by atoms with Crippen molar-refractivity contribution in [3.05, 3.63) is 52.9 Å². The molecule has 0 spiro atoms. The molecule has 1 aliphatic carbocycles. The summed E-state index contributed by atoms with van der Waals surface area (Å²) in [6.45, 7) is 0. The van der Waals surface area contributed by atoms with Gasteiger partial charge < -0.3 is 20.7 Å². The Labute approximate surface area is 211 Å². The lowest BCUT2D eigenvalue weighted by molar-refractivity contribution is -0.167. The van der Waals surface area contributed by atoms with Gasteiger partial charge in [0.25, 0.3) is 0 Å². The summed E-state index contributed by atoms with van der Waals surface area (Å²) >= 11 is 3.16. The first-order chi connectivity index (χ1) is 17.1. The number of benzene rings is 1. The molecule has 3 atom stereocenters. The highest BCUT2D eigenvalue weighted by Gasteiger charge is 2.39. The van der Waals surface area contributed by atoms with E-state index in [0.717, 1.165) is 34.8 Å². The number of aryl methyl sites for hydroxylation is 1. The molecule has 1 fully saturated rings. The number of carbonyl (C=O) groups is 1. The third-order valence-electron chi connectivity index (χ3n) is 6.69. The van der Waals surface area contributed by atoms with E-state index in [1.54, 1.807) is 17.4 Å². The van der Waals surface area contributed by atoms with Gasteiger partial charge in [-0.1, -0.05) is 12.1 Å². The van der Waals surface area contributed by atoms with Gasteiger partial charge in [-0.05, 0) is 71.3 Å². The summed E-state index contributed by atoms with van der Waals surface area (Å²) in [5.41, 5.74) is 8.10. The van der Waals surface area contributed by atoms with Gasteiger partial charge in [0.15, 0.2) is 0 Å². The summed E-state index contributed by atoms with van der Waals surface area (Å²) in [4.78, 5) is 23.9. The normalized spacial score (nSPS) is 20.3. The fourth-order valence-corrected chi connectivity index (χ4v) is 5.29. The molecule has 4 N–H and O–H groups in total. The number of nitrogens with zero attached hydrogens (tertiary/aromatic N) is 4. The van der Waals surface area contributed by atoms with Crippen LogP contribution in [0.1, 0.15) is 30.9 Å². The van der Waals surface area contributed by atoms with Crippen molar-refractivity contribution in [2.45, 2.75) is 44.0 Å². The molecule has 12 heteroatoms. The fraction of sp³-hybridized carbons (Fsp3) is 0.333. The predicted octanol–water partition coefficient (Wildman–Crippen LogP) is 4.77. The molecule has 0 saturated heterocycles. The molecule has 4 aromatic rings. The standard InChI is InChI=1S/C24H22BrF3N6O2/c25-17-9-13-3-1-12(7-18(13)32-21(17)33-23(36)24(26,27)28)2-4-14-8-15(10-19(14)35)34-6-5-16-20(29)30-11-31-22(16)34/h1,3,5-7,9,11,14-15,19,35H,2,4,8,10H2,(H2,29,30,31)(H,32,33,36)/t14-,15+,19-/m0/s1. The average Bonchev–Trinajstić information content (AvgIpc) is 3.41. The molecule has 1 aliphatic rings. The monoisotopic (exact) mass is 562 g/mol. The first-order valence-corrected chi connectivity index (χ1v) is 12.1. The molecule has 188 valence electrons. The number of amides is 1. The van der Waals surface area contributed by atoms with Crippen molar-refractivity contribution in [2.24, 2.45) is 5.92 Å². The highest BCUT2D eigenvalue weighted by Crippen LogP contribution is 2.39. The van der Waals surface area contributed by atoms with Crippen LogP contribution < -0.4 is 11.1 Å². The van der Waals surface area contributed by atoms with E-state index in [2.05, 4.69) is 30.9 Å². The molecular weight excluding hydrogens is 541 g/mol. The number of anilines is 2. The Morgan fingerprint density at radius 2 is 2.03 bits per heavy atom. The van der Waals surface area contributed by atoms with E-state index in [9.17, 15) is 23.1 Å². The van der Waals surface area contributed by atoms with Gasteiger partial charge in [0.05, 0.1) is 21.5 Å². The van der Waals surface area contributed by atoms with Gasteiger partial charge in [0.1, 0.15) is 23.6 Å². The Morgan fingerprint density at radius 3 is 2.81 bits per heavy atom. The maximum absolute atomic E-state index is 12.6. The zero-order chi connectivity index (χ0) is 25.6. The lowest BCUT2D eigenvalue weighted by atomic mass is 9.96. The van der Waals surface area contributed by atoms with Crippen LogP contribution in [0.25, 0.3) is 21.9 Å². The number of carbonyl (C=O) groups excluding carboxylic acids is 1. The lowest BCUT2D eigenvalue weighted by Crippen LogP contribution is -2.30. The third-order valence-corrected chi connectivity index (χ3v) is 7.30. The smallest absolute Gasteiger partial charge is 0.393 e. The molecule has 3 heterocycles. The first kappa shape index (κ1) is 24.4. The van der Waals surface area contributed by atoms with Gasteiger partial charge in [-0.3, -0.25) is 4.79 Å². The summed E-state index contributed by atoms with van der Waals surface area (Å²) in [6, 6.07) is 9.15. The van der Waals surface area contributed by atoms with Gasteiger partial charge in [-0.15, -0.1) is 0 Å². The molecule has 3 aromatic heterocycles. The number of hydrogen-bond acceptors (Lipinski definition) is 6. The number of nitrogen functional groups attached to an aromatic ring is 1. The Hall–Kier alpha value is -3.25. The number of alkyl halides is 3. The van der Waals surface area contributed by atoms with Gasteiger partial charge in [0, 0.05) is 17.6 Å². The number of nitrogens with one attached hydrogen (secondary N) is 1. The summed E-state index contributed by atoms with van der Waals surface area (Å²) < 4.78 is 40.2. The van der Waals surface area contributed by atoms with Gasteiger partial charge >= 0.3 is 12.1 Å². The van der Waals surface area contributed by atoms with Crippen LogP contribution in [0.15, 0.2) is 47.3 Å². The minimum atomic E-state index is -5.01. The molecular formula is C24H22BrF3N6O2. The van der Waals surface area contributed by atoms with Crippen LogP contribution in [-0.4, -0.2) is 42.8 Å². The van der Waals surface area contributed by atoms with Crippen LogP contribution in [0.2, 0.25) is 0 Å². The van der Waals surface area contributed by atoms with Crippen LogP contribution >= 0.6 is 15.9 Å². The SMILES string of the molecule is Nc1ncnc2c1ccn2[C@@H]1C[C@H](CCc2ccc3cc(Br)c(NC(=O)C(F)(F)F)nc3c2)[C@@H](O)C1. The van der Waals surface area contributed by atoms with Crippen molar-refractivity contribution in [3.63, 3.8) is 0 Å². The number of fused-ring (bicyclic) bond motifs is 2. The quantitative estimate of drug-likeness (QED) is 0.322. The fourth-order valence-electron chi connectivity index (χ4n) is 4.86. The Balaban J connectivity index is 1.29. The van der Waals surface area contributed by atoms with E-state index in [1.165, 1.54) is 6.33 Å². The van der Waals surface area contributed by atoms with E-state index in [-0.39, 0.29) is 22.3 Å². The van der Waals surface area contributed by atoms with Crippen molar-refractivity contribution < 1.29 is 23.1 Å². The highest BCUT2D eigenvalue weighted by molar-refractivity contribution is 9.10. The second kappa shape index (κ2) is 9.32. The number of halogens is 4. The van der Waals surface area contributed by atoms with E-state index in [4.69, 9.17) is 5.73 Å². The van der Waals surface area contributed by atoms with Crippen LogP contribution in [0.4, 0.5) is 24.8 Å². The molecule has 0 bridgehead atoms.